The van der Waals surface area contributed by atoms with Crippen molar-refractivity contribution in [1.29, 1.82) is 0 Å². The highest BCUT2D eigenvalue weighted by Crippen LogP contribution is 2.19. The molecule has 8 nitrogen and oxygen atoms in total. The van der Waals surface area contributed by atoms with Crippen molar-refractivity contribution >= 4 is 10.1 Å². The van der Waals surface area contributed by atoms with Gasteiger partial charge in [-0.05, 0) is 0 Å². The quantitative estimate of drug-likeness (QED) is 0.386. The molecule has 1 heterocycles. The molecule has 1 fully saturated rings. The Morgan fingerprint density at radius 1 is 1.31 bits per heavy atom. The fourth-order valence-electron chi connectivity index (χ4n) is 1.37. The largest absolute Gasteiger partial charge is 0.388 e. The topological polar surface area (TPSA) is 139 Å². The molecular formula is C7H15NO7S. The highest BCUT2D eigenvalue weighted by molar-refractivity contribution is 7.86. The van der Waals surface area contributed by atoms with Gasteiger partial charge in [0.1, 0.15) is 24.1 Å². The Kier molecular flexibility index (Phi) is 4.23. The van der Waals surface area contributed by atoms with Crippen LogP contribution in [0, 0.1) is 0 Å². The van der Waals surface area contributed by atoms with E-state index in [9.17, 15) is 23.7 Å². The van der Waals surface area contributed by atoms with Gasteiger partial charge in [0.25, 0.3) is 10.1 Å². The Hall–Kier alpha value is -0.290. The lowest BCUT2D eigenvalue weighted by atomic mass is 9.98. The zero-order valence-corrected chi connectivity index (χ0v) is 9.37. The maximum absolute atomic E-state index is 11.1. The van der Waals surface area contributed by atoms with Gasteiger partial charge in [-0.3, -0.25) is 4.18 Å². The van der Waals surface area contributed by atoms with Crippen molar-refractivity contribution in [3.05, 3.63) is 0 Å². The SMILES string of the molecule is COS(=O)(=O)C[C@H]1OC(O)[C@H](N)[C@@H](O)[C@@H]1O. The summed E-state index contributed by atoms with van der Waals surface area (Å²) in [6.45, 7) is 0. The van der Waals surface area contributed by atoms with Crippen LogP contribution in [0.2, 0.25) is 0 Å². The summed E-state index contributed by atoms with van der Waals surface area (Å²) in [7, 11) is -2.90. The van der Waals surface area contributed by atoms with Crippen molar-refractivity contribution in [3.8, 4) is 0 Å². The van der Waals surface area contributed by atoms with E-state index in [-0.39, 0.29) is 0 Å². The summed E-state index contributed by atoms with van der Waals surface area (Å²) < 4.78 is 31.2. The van der Waals surface area contributed by atoms with Gasteiger partial charge in [0, 0.05) is 0 Å². The van der Waals surface area contributed by atoms with Gasteiger partial charge in [-0.25, -0.2) is 0 Å². The van der Waals surface area contributed by atoms with Crippen LogP contribution in [0.5, 0.6) is 0 Å². The molecule has 0 radical (unpaired) electrons. The average Bonchev–Trinajstić information content (AvgIpc) is 2.22. The molecule has 1 aliphatic rings. The van der Waals surface area contributed by atoms with Crippen molar-refractivity contribution in [2.24, 2.45) is 5.73 Å². The highest BCUT2D eigenvalue weighted by Gasteiger charge is 2.43. The first kappa shape index (κ1) is 13.8. The number of hydrogen-bond donors (Lipinski definition) is 4. The van der Waals surface area contributed by atoms with Crippen LogP contribution in [-0.4, -0.2) is 67.2 Å². The van der Waals surface area contributed by atoms with Gasteiger partial charge in [0.15, 0.2) is 6.29 Å². The summed E-state index contributed by atoms with van der Waals surface area (Å²) in [6.07, 6.45) is -5.77. The lowest BCUT2D eigenvalue weighted by molar-refractivity contribution is -0.235. The molecule has 16 heavy (non-hydrogen) atoms. The summed E-state index contributed by atoms with van der Waals surface area (Å²) in [5.74, 6) is -0.675. The third-order valence-electron chi connectivity index (χ3n) is 2.39. The van der Waals surface area contributed by atoms with Crippen LogP contribution in [-0.2, 0) is 19.0 Å². The number of aliphatic hydroxyl groups excluding tert-OH is 3. The van der Waals surface area contributed by atoms with Crippen molar-refractivity contribution in [3.63, 3.8) is 0 Å². The molecule has 1 unspecified atom stereocenters. The number of hydrogen-bond acceptors (Lipinski definition) is 8. The van der Waals surface area contributed by atoms with Crippen LogP contribution in [0.15, 0.2) is 0 Å². The van der Waals surface area contributed by atoms with Crippen LogP contribution in [0.1, 0.15) is 0 Å². The molecular weight excluding hydrogens is 242 g/mol. The molecule has 0 bridgehead atoms. The summed E-state index contributed by atoms with van der Waals surface area (Å²) in [5, 5.41) is 28.2. The van der Waals surface area contributed by atoms with Crippen LogP contribution in [0.25, 0.3) is 0 Å². The third kappa shape index (κ3) is 2.88. The monoisotopic (exact) mass is 257 g/mol. The van der Waals surface area contributed by atoms with E-state index < -0.39 is 46.5 Å². The van der Waals surface area contributed by atoms with E-state index in [1.807, 2.05) is 0 Å². The van der Waals surface area contributed by atoms with E-state index in [0.717, 1.165) is 7.11 Å². The van der Waals surface area contributed by atoms with Crippen LogP contribution >= 0.6 is 0 Å². The predicted molar refractivity (Wildman–Crippen MR) is 51.7 cm³/mol. The van der Waals surface area contributed by atoms with E-state index >= 15 is 0 Å². The number of aliphatic hydroxyl groups is 3. The Morgan fingerprint density at radius 2 is 1.88 bits per heavy atom. The van der Waals surface area contributed by atoms with Crippen molar-refractivity contribution in [2.45, 2.75) is 30.6 Å². The lowest BCUT2D eigenvalue weighted by Gasteiger charge is -2.38. The molecule has 5 atom stereocenters. The van der Waals surface area contributed by atoms with Crippen LogP contribution in [0.3, 0.4) is 0 Å². The van der Waals surface area contributed by atoms with E-state index in [4.69, 9.17) is 10.5 Å². The molecule has 1 rings (SSSR count). The minimum atomic E-state index is -3.86. The molecule has 5 N–H and O–H groups in total. The smallest absolute Gasteiger partial charge is 0.269 e. The van der Waals surface area contributed by atoms with Crippen LogP contribution < -0.4 is 5.73 Å². The Morgan fingerprint density at radius 3 is 2.38 bits per heavy atom. The van der Waals surface area contributed by atoms with Gasteiger partial charge in [0.2, 0.25) is 0 Å². The maximum Gasteiger partial charge on any atom is 0.269 e. The van der Waals surface area contributed by atoms with Gasteiger partial charge in [0.05, 0.1) is 13.2 Å². The fraction of sp³-hybridized carbons (Fsp3) is 1.00. The molecule has 0 saturated carbocycles. The van der Waals surface area contributed by atoms with E-state index in [0.29, 0.717) is 0 Å². The first-order valence-corrected chi connectivity index (χ1v) is 6.10. The highest BCUT2D eigenvalue weighted by atomic mass is 32.2. The zero-order chi connectivity index (χ0) is 12.5. The van der Waals surface area contributed by atoms with E-state index in [2.05, 4.69) is 4.18 Å². The summed E-state index contributed by atoms with van der Waals surface area (Å²) in [4.78, 5) is 0. The zero-order valence-electron chi connectivity index (χ0n) is 8.55. The molecule has 1 aliphatic heterocycles. The molecule has 0 spiro atoms. The van der Waals surface area contributed by atoms with Gasteiger partial charge in [-0.2, -0.15) is 8.42 Å². The Labute approximate surface area is 92.7 Å². The molecule has 0 aromatic heterocycles. The molecule has 96 valence electrons. The van der Waals surface area contributed by atoms with Crippen LogP contribution in [0.4, 0.5) is 0 Å². The second-order valence-electron chi connectivity index (χ2n) is 3.51. The molecule has 9 heteroatoms. The summed E-state index contributed by atoms with van der Waals surface area (Å²) >= 11 is 0. The van der Waals surface area contributed by atoms with Gasteiger partial charge < -0.3 is 25.8 Å². The van der Waals surface area contributed by atoms with E-state index in [1.165, 1.54) is 0 Å². The number of ether oxygens (including phenoxy) is 1. The maximum atomic E-state index is 11.1. The van der Waals surface area contributed by atoms with Gasteiger partial charge >= 0.3 is 0 Å². The number of nitrogens with two attached hydrogens (primary N) is 1. The van der Waals surface area contributed by atoms with Gasteiger partial charge in [-0.15, -0.1) is 0 Å². The summed E-state index contributed by atoms with van der Waals surface area (Å²) in [6, 6.07) is -1.18. The average molecular weight is 257 g/mol. The van der Waals surface area contributed by atoms with Crippen molar-refractivity contribution in [2.75, 3.05) is 12.9 Å². The molecule has 1 saturated heterocycles. The second-order valence-corrected chi connectivity index (χ2v) is 5.30. The standard InChI is InChI=1S/C7H15NO7S/c1-14-16(12,13)2-3-5(9)6(10)4(8)7(11)15-3/h3-7,9-11H,2,8H2,1H3/t3-,4-,5-,6-,7?/m1/s1. The minimum absolute atomic E-state index is 0.675. The third-order valence-corrected chi connectivity index (χ3v) is 3.64. The van der Waals surface area contributed by atoms with Gasteiger partial charge in [-0.1, -0.05) is 0 Å². The molecule has 0 aromatic carbocycles. The first-order chi connectivity index (χ1) is 7.28. The molecule has 0 aliphatic carbocycles. The Balaban J connectivity index is 2.75. The molecule has 0 amide bonds. The summed E-state index contributed by atoms with van der Waals surface area (Å²) in [5.41, 5.74) is 5.30. The normalized spacial score (nSPS) is 40.9. The Bertz CT molecular complexity index is 332. The molecule has 0 aromatic rings. The lowest BCUT2D eigenvalue weighted by Crippen LogP contribution is -2.62. The van der Waals surface area contributed by atoms with Crippen molar-refractivity contribution < 1.29 is 32.7 Å². The van der Waals surface area contributed by atoms with E-state index in [1.54, 1.807) is 0 Å². The second kappa shape index (κ2) is 4.92. The fourth-order valence-corrected chi connectivity index (χ4v) is 2.19. The first-order valence-electron chi connectivity index (χ1n) is 4.52. The minimum Gasteiger partial charge on any atom is -0.388 e. The predicted octanol–water partition coefficient (Wildman–Crippen LogP) is -3.27. The van der Waals surface area contributed by atoms with Crippen molar-refractivity contribution in [1.82, 2.24) is 0 Å². The number of rotatable bonds is 3.